The van der Waals surface area contributed by atoms with Gasteiger partial charge in [-0.15, -0.1) is 0 Å². The summed E-state index contributed by atoms with van der Waals surface area (Å²) in [5.41, 5.74) is 0.626. The molecule has 120 valence electrons. The van der Waals surface area contributed by atoms with Crippen LogP contribution in [0.1, 0.15) is 51.7 Å². The number of carbonyl (C=O) groups excluding carboxylic acids is 1. The third kappa shape index (κ3) is 2.02. The minimum absolute atomic E-state index is 0.00560. The number of carboxylic acids is 1. The molecule has 22 heavy (non-hydrogen) atoms. The van der Waals surface area contributed by atoms with E-state index < -0.39 is 18.0 Å². The second kappa shape index (κ2) is 5.09. The summed E-state index contributed by atoms with van der Waals surface area (Å²) in [6.45, 7) is 6.48. The lowest BCUT2D eigenvalue weighted by Gasteiger charge is -2.41. The van der Waals surface area contributed by atoms with Gasteiger partial charge in [-0.25, -0.2) is 0 Å². The van der Waals surface area contributed by atoms with Crippen LogP contribution in [0.15, 0.2) is 30.3 Å². The molecule has 2 fully saturated rings. The SMILES string of the molecule is CC1(C)[C@@H]2CC[C@@]1(C)[C@H](C(=O)[O-])[C@@H]2C[C@H](O)c1ccccc1. The zero-order valence-electron chi connectivity index (χ0n) is 13.6. The first kappa shape index (κ1) is 15.5. The van der Waals surface area contributed by atoms with Crippen molar-refractivity contribution in [3.63, 3.8) is 0 Å². The molecular weight excluding hydrogens is 276 g/mol. The Morgan fingerprint density at radius 3 is 2.55 bits per heavy atom. The van der Waals surface area contributed by atoms with Gasteiger partial charge in [0.25, 0.3) is 0 Å². The van der Waals surface area contributed by atoms with E-state index in [-0.39, 0.29) is 16.7 Å². The molecule has 2 saturated carbocycles. The van der Waals surface area contributed by atoms with Gasteiger partial charge in [-0.05, 0) is 47.5 Å². The number of benzene rings is 1. The largest absolute Gasteiger partial charge is 0.550 e. The van der Waals surface area contributed by atoms with Crippen molar-refractivity contribution in [2.75, 3.05) is 0 Å². The molecule has 2 aliphatic carbocycles. The number of hydrogen-bond acceptors (Lipinski definition) is 3. The van der Waals surface area contributed by atoms with Crippen LogP contribution in [-0.2, 0) is 4.79 Å². The third-order valence-corrected chi connectivity index (χ3v) is 6.94. The fourth-order valence-corrected chi connectivity index (χ4v) is 5.38. The van der Waals surface area contributed by atoms with Gasteiger partial charge in [0.15, 0.2) is 0 Å². The third-order valence-electron chi connectivity index (χ3n) is 6.94. The van der Waals surface area contributed by atoms with Gasteiger partial charge in [0.05, 0.1) is 6.10 Å². The van der Waals surface area contributed by atoms with Crippen molar-refractivity contribution in [2.24, 2.45) is 28.6 Å². The normalized spacial score (nSPS) is 37.2. The smallest absolute Gasteiger partial charge is 0.0793 e. The predicted molar refractivity (Wildman–Crippen MR) is 82.6 cm³/mol. The maximum absolute atomic E-state index is 11.8. The van der Waals surface area contributed by atoms with Gasteiger partial charge in [0.1, 0.15) is 0 Å². The first-order chi connectivity index (χ1) is 10.3. The van der Waals surface area contributed by atoms with Crippen LogP contribution in [-0.4, -0.2) is 11.1 Å². The second-order valence-electron chi connectivity index (χ2n) is 7.91. The number of rotatable bonds is 4. The number of aliphatic carboxylic acids is 1. The van der Waals surface area contributed by atoms with Gasteiger partial charge in [-0.2, -0.15) is 0 Å². The fraction of sp³-hybridized carbons (Fsp3) is 0.632. The van der Waals surface area contributed by atoms with Crippen LogP contribution in [0.3, 0.4) is 0 Å². The van der Waals surface area contributed by atoms with Crippen molar-refractivity contribution in [2.45, 2.75) is 46.1 Å². The summed E-state index contributed by atoms with van der Waals surface area (Å²) in [7, 11) is 0. The molecule has 2 aliphatic rings. The highest BCUT2D eigenvalue weighted by Gasteiger charge is 2.66. The first-order valence-electron chi connectivity index (χ1n) is 8.23. The van der Waals surface area contributed by atoms with Crippen LogP contribution >= 0.6 is 0 Å². The monoisotopic (exact) mass is 301 g/mol. The Morgan fingerprint density at radius 1 is 1.32 bits per heavy atom. The van der Waals surface area contributed by atoms with Crippen molar-refractivity contribution >= 4 is 5.97 Å². The zero-order chi connectivity index (χ0) is 16.1. The highest BCUT2D eigenvalue weighted by atomic mass is 16.4. The molecule has 1 aromatic rings. The summed E-state index contributed by atoms with van der Waals surface area (Å²) in [4.78, 5) is 11.8. The lowest BCUT2D eigenvalue weighted by molar-refractivity contribution is -0.317. The number of aliphatic hydroxyl groups is 1. The van der Waals surface area contributed by atoms with E-state index in [0.717, 1.165) is 18.4 Å². The molecule has 0 saturated heterocycles. The standard InChI is InChI=1S/C19H26O3/c1-18(2)14-9-10-19(18,3)16(17(21)22)13(14)11-15(20)12-7-5-4-6-8-12/h4-8,13-16,20H,9-11H2,1-3H3,(H,21,22)/p-1/t13-,14-,15+,16+,19+/m1/s1. The fourth-order valence-electron chi connectivity index (χ4n) is 5.38. The van der Waals surface area contributed by atoms with E-state index in [2.05, 4.69) is 20.8 Å². The molecule has 0 radical (unpaired) electrons. The Bertz CT molecular complexity index is 565. The van der Waals surface area contributed by atoms with Crippen molar-refractivity contribution in [1.82, 2.24) is 0 Å². The molecule has 5 atom stereocenters. The second-order valence-corrected chi connectivity index (χ2v) is 7.91. The van der Waals surface area contributed by atoms with E-state index in [9.17, 15) is 15.0 Å². The lowest BCUT2D eigenvalue weighted by atomic mass is 9.65. The van der Waals surface area contributed by atoms with Crippen LogP contribution in [0.25, 0.3) is 0 Å². The van der Waals surface area contributed by atoms with Crippen LogP contribution < -0.4 is 5.11 Å². The molecule has 0 amide bonds. The molecule has 0 aliphatic heterocycles. The van der Waals surface area contributed by atoms with Gasteiger partial charge < -0.3 is 15.0 Å². The Morgan fingerprint density at radius 2 is 1.95 bits per heavy atom. The van der Waals surface area contributed by atoms with E-state index in [1.54, 1.807) is 0 Å². The lowest BCUT2D eigenvalue weighted by Crippen LogP contribution is -2.45. The minimum Gasteiger partial charge on any atom is -0.550 e. The molecule has 1 N–H and O–H groups in total. The average molecular weight is 301 g/mol. The molecule has 0 heterocycles. The summed E-state index contributed by atoms with van der Waals surface area (Å²) in [5, 5.41) is 22.4. The van der Waals surface area contributed by atoms with Crippen molar-refractivity contribution in [3.8, 4) is 0 Å². The van der Waals surface area contributed by atoms with E-state index in [4.69, 9.17) is 0 Å². The maximum Gasteiger partial charge on any atom is 0.0793 e. The number of hydrogen-bond donors (Lipinski definition) is 1. The summed E-state index contributed by atoms with van der Waals surface area (Å²) in [5.74, 6) is -1.06. The molecule has 0 aromatic heterocycles. The van der Waals surface area contributed by atoms with E-state index >= 15 is 0 Å². The average Bonchev–Trinajstić information content (AvgIpc) is 2.78. The molecular formula is C19H25O3-. The molecule has 0 unspecified atom stereocenters. The molecule has 3 rings (SSSR count). The van der Waals surface area contributed by atoms with Crippen LogP contribution in [0.4, 0.5) is 0 Å². The quantitative estimate of drug-likeness (QED) is 0.929. The summed E-state index contributed by atoms with van der Waals surface area (Å²) >= 11 is 0. The van der Waals surface area contributed by atoms with Crippen molar-refractivity contribution in [1.29, 1.82) is 0 Å². The number of fused-ring (bicyclic) bond motifs is 2. The zero-order valence-corrected chi connectivity index (χ0v) is 13.6. The molecule has 3 heteroatoms. The predicted octanol–water partition coefficient (Wildman–Crippen LogP) is 2.55. The highest BCUT2D eigenvalue weighted by Crippen LogP contribution is 2.71. The Hall–Kier alpha value is -1.35. The van der Waals surface area contributed by atoms with Crippen LogP contribution in [0.5, 0.6) is 0 Å². The van der Waals surface area contributed by atoms with Gasteiger partial charge in [0.2, 0.25) is 0 Å². The Balaban J connectivity index is 1.88. The number of carbonyl (C=O) groups is 1. The topological polar surface area (TPSA) is 60.4 Å². The summed E-state index contributed by atoms with van der Waals surface area (Å²) in [6.07, 6.45) is 1.90. The molecule has 1 aromatic carbocycles. The summed E-state index contributed by atoms with van der Waals surface area (Å²) in [6, 6.07) is 9.53. The van der Waals surface area contributed by atoms with Gasteiger partial charge >= 0.3 is 0 Å². The maximum atomic E-state index is 11.8. The van der Waals surface area contributed by atoms with Crippen molar-refractivity contribution in [3.05, 3.63) is 35.9 Å². The Kier molecular flexibility index (Phi) is 3.59. The minimum atomic E-state index is -0.942. The Labute approximate surface area is 132 Å². The first-order valence-corrected chi connectivity index (χ1v) is 8.23. The van der Waals surface area contributed by atoms with Gasteiger partial charge in [-0.1, -0.05) is 51.1 Å². The van der Waals surface area contributed by atoms with Gasteiger partial charge in [0, 0.05) is 11.9 Å². The number of carboxylic acid groups (broad SMARTS) is 1. The summed E-state index contributed by atoms with van der Waals surface area (Å²) < 4.78 is 0. The van der Waals surface area contributed by atoms with Crippen LogP contribution in [0, 0.1) is 28.6 Å². The van der Waals surface area contributed by atoms with E-state index in [1.807, 2.05) is 30.3 Å². The number of aliphatic hydroxyl groups excluding tert-OH is 1. The highest BCUT2D eigenvalue weighted by molar-refractivity contribution is 5.70. The van der Waals surface area contributed by atoms with Gasteiger partial charge in [-0.3, -0.25) is 0 Å². The molecule has 3 nitrogen and oxygen atoms in total. The van der Waals surface area contributed by atoms with Crippen LogP contribution in [0.2, 0.25) is 0 Å². The van der Waals surface area contributed by atoms with E-state index in [1.165, 1.54) is 0 Å². The molecule has 0 spiro atoms. The van der Waals surface area contributed by atoms with Crippen molar-refractivity contribution < 1.29 is 15.0 Å². The molecule has 2 bridgehead atoms. The van der Waals surface area contributed by atoms with E-state index in [0.29, 0.717) is 12.3 Å².